The summed E-state index contributed by atoms with van der Waals surface area (Å²) in [5.41, 5.74) is 1.92. The van der Waals surface area contributed by atoms with Gasteiger partial charge < -0.3 is 10.1 Å². The van der Waals surface area contributed by atoms with Crippen molar-refractivity contribution in [1.29, 1.82) is 0 Å². The number of hydrogen-bond acceptors (Lipinski definition) is 6. The summed E-state index contributed by atoms with van der Waals surface area (Å²) in [6, 6.07) is 5.80. The number of aromatic nitrogens is 2. The van der Waals surface area contributed by atoms with Gasteiger partial charge >= 0.3 is 5.97 Å². The van der Waals surface area contributed by atoms with Gasteiger partial charge in [0.25, 0.3) is 5.56 Å². The molecular weight excluding hydrogens is 366 g/mol. The number of aryl methyl sites for hydroxylation is 2. The monoisotopic (exact) mass is 389 g/mol. The molecule has 8 heteroatoms. The van der Waals surface area contributed by atoms with Gasteiger partial charge in [-0.1, -0.05) is 36.9 Å². The van der Waals surface area contributed by atoms with Crippen LogP contribution in [0.1, 0.15) is 35.3 Å². The summed E-state index contributed by atoms with van der Waals surface area (Å²) in [5.74, 6) is -1.11. The predicted molar refractivity (Wildman–Crippen MR) is 105 cm³/mol. The Morgan fingerprint density at radius 3 is 2.67 bits per heavy atom. The fraction of sp³-hybridized carbons (Fsp3) is 0.368. The Morgan fingerprint density at radius 2 is 2.04 bits per heavy atom. The summed E-state index contributed by atoms with van der Waals surface area (Å²) in [6.07, 6.45) is 3.71. The van der Waals surface area contributed by atoms with Crippen LogP contribution in [0, 0.1) is 6.92 Å². The number of nitrogens with one attached hydrogen (secondary N) is 1. The number of carbonyl (C=O) groups is 2. The number of amides is 1. The van der Waals surface area contributed by atoms with Crippen LogP contribution in [0.3, 0.4) is 0 Å². The predicted octanol–water partition coefficient (Wildman–Crippen LogP) is 2.65. The van der Waals surface area contributed by atoms with Gasteiger partial charge in [-0.25, -0.2) is 9.78 Å². The van der Waals surface area contributed by atoms with Gasteiger partial charge in [0, 0.05) is 5.69 Å². The number of hydrogen-bond donors (Lipinski definition) is 1. The molecule has 0 atom stereocenters. The molecule has 0 fully saturated rings. The van der Waals surface area contributed by atoms with Crippen LogP contribution in [0.2, 0.25) is 0 Å². The minimum absolute atomic E-state index is 0.149. The van der Waals surface area contributed by atoms with E-state index in [4.69, 9.17) is 4.74 Å². The fourth-order valence-corrected chi connectivity index (χ4v) is 3.18. The minimum Gasteiger partial charge on any atom is -0.462 e. The van der Waals surface area contributed by atoms with Crippen molar-refractivity contribution < 1.29 is 14.3 Å². The zero-order chi connectivity index (χ0) is 20.0. The molecule has 0 saturated heterocycles. The Labute approximate surface area is 162 Å². The second kappa shape index (κ2) is 9.36. The number of para-hydroxylation sites is 1. The molecule has 27 heavy (non-hydrogen) atoms. The Kier molecular flexibility index (Phi) is 7.18. The Bertz CT molecular complexity index is 908. The first-order valence-electron chi connectivity index (χ1n) is 8.62. The molecule has 1 N–H and O–H groups in total. The maximum Gasteiger partial charge on any atom is 0.345 e. The van der Waals surface area contributed by atoms with Crippen LogP contribution in [-0.4, -0.2) is 34.3 Å². The molecule has 0 bridgehead atoms. The summed E-state index contributed by atoms with van der Waals surface area (Å²) in [4.78, 5) is 41.3. The third-order valence-electron chi connectivity index (χ3n) is 3.99. The molecule has 0 aliphatic carbocycles. The molecule has 0 saturated carbocycles. The van der Waals surface area contributed by atoms with Crippen LogP contribution >= 0.6 is 11.8 Å². The summed E-state index contributed by atoms with van der Waals surface area (Å²) in [6.45, 7) is 5.48. The van der Waals surface area contributed by atoms with Crippen molar-refractivity contribution in [1.82, 2.24) is 9.55 Å². The first kappa shape index (κ1) is 20.7. The van der Waals surface area contributed by atoms with Crippen LogP contribution < -0.4 is 10.9 Å². The summed E-state index contributed by atoms with van der Waals surface area (Å²) in [5, 5.41) is 3.23. The van der Waals surface area contributed by atoms with Crippen molar-refractivity contribution in [3.63, 3.8) is 0 Å². The van der Waals surface area contributed by atoms with Gasteiger partial charge in [0.2, 0.25) is 5.91 Å². The first-order valence-corrected chi connectivity index (χ1v) is 9.84. The Balaban J connectivity index is 2.33. The number of ether oxygens (including phenoxy) is 1. The van der Waals surface area contributed by atoms with Gasteiger partial charge in [-0.15, -0.1) is 0 Å². The highest BCUT2D eigenvalue weighted by atomic mass is 32.2. The molecule has 0 radical (unpaired) electrons. The van der Waals surface area contributed by atoms with E-state index in [9.17, 15) is 14.4 Å². The Morgan fingerprint density at radius 1 is 1.30 bits per heavy atom. The van der Waals surface area contributed by atoms with Gasteiger partial charge in [-0.05, 0) is 37.7 Å². The average Bonchev–Trinajstić information content (AvgIpc) is 2.65. The number of rotatable bonds is 7. The lowest BCUT2D eigenvalue weighted by Crippen LogP contribution is -2.33. The SMILES string of the molecule is CCOC(=O)c1cnc(SC)n(CC(=O)Nc2c(C)cccc2CC)c1=O. The number of carbonyl (C=O) groups excluding carboxylic acids is 2. The van der Waals surface area contributed by atoms with Crippen molar-refractivity contribution in [2.24, 2.45) is 0 Å². The summed E-state index contributed by atoms with van der Waals surface area (Å²) in [7, 11) is 0. The number of nitrogens with zero attached hydrogens (tertiary/aromatic N) is 2. The van der Waals surface area contributed by atoms with Gasteiger partial charge in [0.15, 0.2) is 5.16 Å². The Hall–Kier alpha value is -2.61. The molecule has 1 aromatic heterocycles. The van der Waals surface area contributed by atoms with E-state index in [1.165, 1.54) is 22.5 Å². The number of thioether (sulfide) groups is 1. The second-order valence-corrected chi connectivity index (χ2v) is 6.55. The van der Waals surface area contributed by atoms with Gasteiger partial charge in [-0.3, -0.25) is 14.2 Å². The van der Waals surface area contributed by atoms with Gasteiger partial charge in [-0.2, -0.15) is 0 Å². The van der Waals surface area contributed by atoms with Crippen molar-refractivity contribution >= 4 is 29.3 Å². The fourth-order valence-electron chi connectivity index (χ4n) is 2.65. The highest BCUT2D eigenvalue weighted by Gasteiger charge is 2.19. The zero-order valence-corrected chi connectivity index (χ0v) is 16.7. The normalized spacial score (nSPS) is 10.5. The van der Waals surface area contributed by atoms with Crippen LogP contribution in [0.5, 0.6) is 0 Å². The van der Waals surface area contributed by atoms with Crippen LogP contribution in [0.15, 0.2) is 34.3 Å². The van der Waals surface area contributed by atoms with Gasteiger partial charge in [0.05, 0.1) is 12.8 Å². The van der Waals surface area contributed by atoms with E-state index < -0.39 is 11.5 Å². The summed E-state index contributed by atoms with van der Waals surface area (Å²) < 4.78 is 6.07. The van der Waals surface area contributed by atoms with Crippen LogP contribution in [0.25, 0.3) is 0 Å². The van der Waals surface area contributed by atoms with E-state index in [2.05, 4.69) is 10.3 Å². The maximum absolute atomic E-state index is 12.7. The van der Waals surface area contributed by atoms with E-state index in [1.807, 2.05) is 32.0 Å². The molecular formula is C19H23N3O4S. The van der Waals surface area contributed by atoms with Crippen LogP contribution in [-0.2, 0) is 22.5 Å². The average molecular weight is 389 g/mol. The van der Waals surface area contributed by atoms with Crippen molar-refractivity contribution in [2.75, 3.05) is 18.2 Å². The lowest BCUT2D eigenvalue weighted by atomic mass is 10.1. The lowest BCUT2D eigenvalue weighted by Gasteiger charge is -2.15. The zero-order valence-electron chi connectivity index (χ0n) is 15.9. The molecule has 1 aromatic carbocycles. The lowest BCUT2D eigenvalue weighted by molar-refractivity contribution is -0.117. The molecule has 0 unspecified atom stereocenters. The molecule has 2 rings (SSSR count). The number of anilines is 1. The first-order chi connectivity index (χ1) is 12.9. The molecule has 144 valence electrons. The standard InChI is InChI=1S/C19H23N3O4S/c1-5-13-9-7-8-12(3)16(13)21-15(23)11-22-17(24)14(18(25)26-6-2)10-20-19(22)27-4/h7-10H,5-6,11H2,1-4H3,(H,21,23). The maximum atomic E-state index is 12.7. The minimum atomic E-state index is -0.746. The largest absolute Gasteiger partial charge is 0.462 e. The van der Waals surface area contributed by atoms with Crippen molar-refractivity contribution in [2.45, 2.75) is 38.9 Å². The smallest absolute Gasteiger partial charge is 0.345 e. The van der Waals surface area contributed by atoms with Gasteiger partial charge in [0.1, 0.15) is 12.1 Å². The topological polar surface area (TPSA) is 90.3 Å². The van der Waals surface area contributed by atoms with E-state index in [1.54, 1.807) is 13.2 Å². The molecule has 0 aliphatic heterocycles. The van der Waals surface area contributed by atoms with E-state index in [-0.39, 0.29) is 24.6 Å². The third kappa shape index (κ3) is 4.77. The molecule has 0 aliphatic rings. The second-order valence-electron chi connectivity index (χ2n) is 5.78. The van der Waals surface area contributed by atoms with Crippen LogP contribution in [0.4, 0.5) is 5.69 Å². The number of benzene rings is 1. The van der Waals surface area contributed by atoms with E-state index >= 15 is 0 Å². The molecule has 1 amide bonds. The quantitative estimate of drug-likeness (QED) is 0.445. The third-order valence-corrected chi connectivity index (χ3v) is 4.69. The molecule has 0 spiro atoms. The highest BCUT2D eigenvalue weighted by Crippen LogP contribution is 2.21. The molecule has 2 aromatic rings. The highest BCUT2D eigenvalue weighted by molar-refractivity contribution is 7.98. The van der Waals surface area contributed by atoms with E-state index in [0.717, 1.165) is 23.2 Å². The summed E-state index contributed by atoms with van der Waals surface area (Å²) >= 11 is 1.22. The van der Waals surface area contributed by atoms with Crippen molar-refractivity contribution in [3.8, 4) is 0 Å². The number of esters is 1. The van der Waals surface area contributed by atoms with E-state index in [0.29, 0.717) is 5.16 Å². The molecule has 1 heterocycles. The molecule has 7 nitrogen and oxygen atoms in total. The van der Waals surface area contributed by atoms with Crippen molar-refractivity contribution in [3.05, 3.63) is 51.4 Å².